The molecule has 0 radical (unpaired) electrons. The number of ether oxygens (including phenoxy) is 3. The Kier molecular flexibility index (Phi) is 6.19. The summed E-state index contributed by atoms with van der Waals surface area (Å²) in [5, 5.41) is 0. The van der Waals surface area contributed by atoms with Gasteiger partial charge < -0.3 is 24.0 Å². The molecule has 3 aliphatic heterocycles. The number of fused-ring (bicyclic) bond motifs is 2. The molecular formula is C25H31N3O4. The molecule has 3 aliphatic rings. The molecule has 0 unspecified atom stereocenters. The van der Waals surface area contributed by atoms with Gasteiger partial charge in [-0.25, -0.2) is 0 Å². The zero-order valence-corrected chi connectivity index (χ0v) is 18.7. The second-order valence-electron chi connectivity index (χ2n) is 8.69. The van der Waals surface area contributed by atoms with Crippen LogP contribution in [0.25, 0.3) is 0 Å². The first-order valence-electron chi connectivity index (χ1n) is 11.5. The average molecular weight is 438 g/mol. The van der Waals surface area contributed by atoms with Crippen LogP contribution in [0.3, 0.4) is 0 Å². The fourth-order valence-corrected chi connectivity index (χ4v) is 4.73. The lowest BCUT2D eigenvalue weighted by Crippen LogP contribution is -2.47. The molecule has 1 fully saturated rings. The summed E-state index contributed by atoms with van der Waals surface area (Å²) in [7, 11) is 1.85. The average Bonchev–Trinajstić information content (AvgIpc) is 2.84. The molecule has 3 heterocycles. The van der Waals surface area contributed by atoms with E-state index in [0.717, 1.165) is 80.3 Å². The Balaban J connectivity index is 1.08. The second kappa shape index (κ2) is 9.38. The van der Waals surface area contributed by atoms with E-state index in [9.17, 15) is 4.79 Å². The molecule has 5 rings (SSSR count). The molecule has 32 heavy (non-hydrogen) atoms. The Morgan fingerprint density at radius 3 is 2.81 bits per heavy atom. The van der Waals surface area contributed by atoms with Crippen LogP contribution in [-0.4, -0.2) is 75.4 Å². The zero-order valence-electron chi connectivity index (χ0n) is 18.7. The smallest absolute Gasteiger partial charge is 0.254 e. The van der Waals surface area contributed by atoms with E-state index in [-0.39, 0.29) is 5.91 Å². The Morgan fingerprint density at radius 2 is 1.94 bits per heavy atom. The van der Waals surface area contributed by atoms with Crippen molar-refractivity contribution >= 4 is 11.6 Å². The van der Waals surface area contributed by atoms with Crippen LogP contribution >= 0.6 is 0 Å². The highest BCUT2D eigenvalue weighted by Crippen LogP contribution is 2.33. The van der Waals surface area contributed by atoms with Crippen LogP contribution in [0.1, 0.15) is 27.9 Å². The van der Waals surface area contributed by atoms with Gasteiger partial charge in [0.25, 0.3) is 5.91 Å². The van der Waals surface area contributed by atoms with Gasteiger partial charge in [0.05, 0.1) is 13.2 Å². The van der Waals surface area contributed by atoms with Gasteiger partial charge in [-0.15, -0.1) is 0 Å². The van der Waals surface area contributed by atoms with Crippen molar-refractivity contribution in [3.8, 4) is 11.5 Å². The summed E-state index contributed by atoms with van der Waals surface area (Å²) < 4.78 is 17.1. The number of carbonyl (C=O) groups excluding carboxylic acids is 1. The molecule has 170 valence electrons. The number of benzene rings is 2. The molecule has 2 aromatic rings. The van der Waals surface area contributed by atoms with Crippen molar-refractivity contribution in [3.05, 3.63) is 53.1 Å². The molecule has 1 saturated heterocycles. The number of amides is 1. The first-order valence-corrected chi connectivity index (χ1v) is 11.5. The third-order valence-electron chi connectivity index (χ3n) is 6.63. The number of likely N-dealkylation sites (N-methyl/N-ethyl adjacent to an activating group) is 1. The summed E-state index contributed by atoms with van der Waals surface area (Å²) >= 11 is 0. The largest absolute Gasteiger partial charge is 0.494 e. The summed E-state index contributed by atoms with van der Waals surface area (Å²) in [6.07, 6.45) is 1.88. The minimum absolute atomic E-state index is 0.0902. The van der Waals surface area contributed by atoms with E-state index in [1.165, 1.54) is 5.69 Å². The van der Waals surface area contributed by atoms with Gasteiger partial charge in [-0.3, -0.25) is 9.69 Å². The van der Waals surface area contributed by atoms with Gasteiger partial charge in [-0.1, -0.05) is 12.1 Å². The SMILES string of the molecule is CN1CCc2ccc(OCCCN3CCN(c4cccc5c4COCO5)CC3)cc2C1=O. The first-order chi connectivity index (χ1) is 15.7. The molecule has 7 heteroatoms. The molecular weight excluding hydrogens is 406 g/mol. The number of nitrogens with zero attached hydrogens (tertiary/aromatic N) is 3. The number of hydrogen-bond acceptors (Lipinski definition) is 6. The van der Waals surface area contributed by atoms with Gasteiger partial charge in [0.2, 0.25) is 0 Å². The van der Waals surface area contributed by atoms with Crippen LogP contribution in [-0.2, 0) is 17.8 Å². The standard InChI is InChI=1S/C25H31N3O4/c1-26-10-8-19-6-7-20(16-21(19)25(26)29)31-15-3-9-27-11-13-28(14-12-27)23-4-2-5-24-22(23)17-30-18-32-24/h2,4-7,16H,3,8-15,17-18H2,1H3. The number of hydrogen-bond donors (Lipinski definition) is 0. The van der Waals surface area contributed by atoms with Crippen LogP contribution < -0.4 is 14.4 Å². The summed E-state index contributed by atoms with van der Waals surface area (Å²) in [5.74, 6) is 1.83. The van der Waals surface area contributed by atoms with E-state index < -0.39 is 0 Å². The molecule has 0 bridgehead atoms. The molecule has 0 spiro atoms. The van der Waals surface area contributed by atoms with Crippen LogP contribution in [0, 0.1) is 0 Å². The minimum Gasteiger partial charge on any atom is -0.494 e. The minimum atomic E-state index is 0.0902. The van der Waals surface area contributed by atoms with Gasteiger partial charge in [-0.05, 0) is 42.7 Å². The van der Waals surface area contributed by atoms with Crippen molar-refractivity contribution < 1.29 is 19.0 Å². The van der Waals surface area contributed by atoms with E-state index >= 15 is 0 Å². The van der Waals surface area contributed by atoms with Gasteiger partial charge in [0, 0.05) is 63.1 Å². The van der Waals surface area contributed by atoms with E-state index in [2.05, 4.69) is 21.9 Å². The van der Waals surface area contributed by atoms with Crippen LogP contribution in [0.2, 0.25) is 0 Å². The van der Waals surface area contributed by atoms with E-state index in [4.69, 9.17) is 14.2 Å². The van der Waals surface area contributed by atoms with Crippen LogP contribution in [0.4, 0.5) is 5.69 Å². The van der Waals surface area contributed by atoms with Crippen molar-refractivity contribution in [2.24, 2.45) is 0 Å². The molecule has 7 nitrogen and oxygen atoms in total. The lowest BCUT2D eigenvalue weighted by Gasteiger charge is -2.37. The normalized spacial score (nSPS) is 18.7. The molecule has 0 saturated carbocycles. The third-order valence-corrected chi connectivity index (χ3v) is 6.63. The highest BCUT2D eigenvalue weighted by atomic mass is 16.7. The summed E-state index contributed by atoms with van der Waals surface area (Å²) in [6.45, 7) is 7.47. The molecule has 0 aromatic heterocycles. The van der Waals surface area contributed by atoms with Gasteiger partial charge in [0.15, 0.2) is 6.79 Å². The Labute approximate surface area is 189 Å². The third kappa shape index (κ3) is 4.40. The van der Waals surface area contributed by atoms with E-state index in [1.807, 2.05) is 31.3 Å². The highest BCUT2D eigenvalue weighted by molar-refractivity contribution is 5.97. The Bertz CT molecular complexity index is 972. The Hall–Kier alpha value is -2.77. The first kappa shape index (κ1) is 21.1. The van der Waals surface area contributed by atoms with E-state index in [0.29, 0.717) is 20.0 Å². The fraction of sp³-hybridized carbons (Fsp3) is 0.480. The van der Waals surface area contributed by atoms with Crippen molar-refractivity contribution in [2.75, 3.05) is 64.6 Å². The van der Waals surface area contributed by atoms with Crippen LogP contribution in [0.5, 0.6) is 11.5 Å². The summed E-state index contributed by atoms with van der Waals surface area (Å²) in [6, 6.07) is 12.2. The summed E-state index contributed by atoms with van der Waals surface area (Å²) in [4.78, 5) is 19.1. The fourth-order valence-electron chi connectivity index (χ4n) is 4.73. The molecule has 1 amide bonds. The van der Waals surface area contributed by atoms with Gasteiger partial charge >= 0.3 is 0 Å². The quantitative estimate of drug-likeness (QED) is 0.648. The molecule has 0 atom stereocenters. The maximum absolute atomic E-state index is 12.4. The van der Waals surface area contributed by atoms with Crippen molar-refractivity contribution in [1.29, 1.82) is 0 Å². The maximum atomic E-state index is 12.4. The van der Waals surface area contributed by atoms with E-state index in [1.54, 1.807) is 4.90 Å². The zero-order chi connectivity index (χ0) is 21.9. The number of anilines is 1. The monoisotopic (exact) mass is 437 g/mol. The Morgan fingerprint density at radius 1 is 1.06 bits per heavy atom. The predicted molar refractivity (Wildman–Crippen MR) is 123 cm³/mol. The van der Waals surface area contributed by atoms with Crippen molar-refractivity contribution in [3.63, 3.8) is 0 Å². The molecule has 2 aromatic carbocycles. The van der Waals surface area contributed by atoms with Gasteiger partial charge in [0.1, 0.15) is 11.5 Å². The predicted octanol–water partition coefficient (Wildman–Crippen LogP) is 2.77. The molecule has 0 aliphatic carbocycles. The highest BCUT2D eigenvalue weighted by Gasteiger charge is 2.23. The second-order valence-corrected chi connectivity index (χ2v) is 8.69. The molecule has 0 N–H and O–H groups in total. The lowest BCUT2D eigenvalue weighted by atomic mass is 9.99. The topological polar surface area (TPSA) is 54.5 Å². The number of rotatable bonds is 6. The lowest BCUT2D eigenvalue weighted by molar-refractivity contribution is -0.0161. The maximum Gasteiger partial charge on any atom is 0.254 e. The van der Waals surface area contributed by atoms with Gasteiger partial charge in [-0.2, -0.15) is 0 Å². The van der Waals surface area contributed by atoms with Crippen molar-refractivity contribution in [2.45, 2.75) is 19.4 Å². The number of carbonyl (C=O) groups is 1. The summed E-state index contributed by atoms with van der Waals surface area (Å²) in [5.41, 5.74) is 4.30. The van der Waals surface area contributed by atoms with Crippen LogP contribution in [0.15, 0.2) is 36.4 Å². The number of piperazine rings is 1. The van der Waals surface area contributed by atoms with Crippen molar-refractivity contribution in [1.82, 2.24) is 9.80 Å².